The first-order valence-electron chi connectivity index (χ1n) is 5.67. The molecule has 0 aromatic rings. The fourth-order valence-electron chi connectivity index (χ4n) is 2.23. The van der Waals surface area contributed by atoms with E-state index in [1.165, 1.54) is 38.9 Å². The summed E-state index contributed by atoms with van der Waals surface area (Å²) in [7, 11) is 2.07. The van der Waals surface area contributed by atoms with Crippen molar-refractivity contribution in [1.29, 1.82) is 0 Å². The van der Waals surface area contributed by atoms with Gasteiger partial charge in [0.05, 0.1) is 0 Å². The van der Waals surface area contributed by atoms with Crippen LogP contribution in [0.1, 0.15) is 33.1 Å². The molecule has 1 N–H and O–H groups in total. The highest BCUT2D eigenvalue weighted by Crippen LogP contribution is 2.20. The highest BCUT2D eigenvalue weighted by molar-refractivity contribution is 4.78. The Kier molecular flexibility index (Phi) is 4.74. The van der Waals surface area contributed by atoms with Crippen LogP contribution in [0.3, 0.4) is 0 Å². The van der Waals surface area contributed by atoms with Crippen LogP contribution in [0.5, 0.6) is 0 Å². The minimum atomic E-state index is 0.698. The minimum absolute atomic E-state index is 0.698. The lowest BCUT2D eigenvalue weighted by molar-refractivity contribution is 0.165. The highest BCUT2D eigenvalue weighted by Gasteiger charge is 2.21. The first-order valence-corrected chi connectivity index (χ1v) is 5.67. The van der Waals surface area contributed by atoms with Gasteiger partial charge in [0.2, 0.25) is 0 Å². The van der Waals surface area contributed by atoms with Crippen LogP contribution < -0.4 is 5.32 Å². The van der Waals surface area contributed by atoms with E-state index >= 15 is 0 Å². The van der Waals surface area contributed by atoms with E-state index in [-0.39, 0.29) is 0 Å². The third kappa shape index (κ3) is 3.28. The molecule has 0 aliphatic carbocycles. The molecule has 2 heteroatoms. The molecule has 0 bridgehead atoms. The maximum Gasteiger partial charge on any atom is 0.00649 e. The minimum Gasteiger partial charge on any atom is -0.317 e. The summed E-state index contributed by atoms with van der Waals surface area (Å²) < 4.78 is 0. The summed E-state index contributed by atoms with van der Waals surface area (Å²) in [5, 5.41) is 3.36. The maximum atomic E-state index is 3.36. The van der Waals surface area contributed by atoms with Crippen LogP contribution in [0.4, 0.5) is 0 Å². The van der Waals surface area contributed by atoms with Gasteiger partial charge in [0.1, 0.15) is 0 Å². The van der Waals surface area contributed by atoms with E-state index in [9.17, 15) is 0 Å². The van der Waals surface area contributed by atoms with E-state index in [2.05, 4.69) is 31.1 Å². The Balaban J connectivity index is 2.22. The average molecular weight is 184 g/mol. The van der Waals surface area contributed by atoms with Crippen LogP contribution >= 0.6 is 0 Å². The van der Waals surface area contributed by atoms with Gasteiger partial charge in [-0.25, -0.2) is 0 Å². The molecule has 0 radical (unpaired) electrons. The standard InChI is InChI=1S/C11H24N2/c1-4-7-13-8-5-11(6-9-13)10(2)12-3/h10-12H,4-9H2,1-3H3. The predicted molar refractivity (Wildman–Crippen MR) is 58.0 cm³/mol. The molecule has 1 unspecified atom stereocenters. The predicted octanol–water partition coefficient (Wildman–Crippen LogP) is 1.72. The number of hydrogen-bond donors (Lipinski definition) is 1. The van der Waals surface area contributed by atoms with Crippen LogP contribution in [0.25, 0.3) is 0 Å². The molecule has 1 heterocycles. The fourth-order valence-corrected chi connectivity index (χ4v) is 2.23. The first-order chi connectivity index (χ1) is 6.27. The molecule has 1 rings (SSSR count). The molecule has 1 aliphatic rings. The van der Waals surface area contributed by atoms with Gasteiger partial charge in [-0.1, -0.05) is 6.92 Å². The first kappa shape index (κ1) is 11.0. The van der Waals surface area contributed by atoms with Gasteiger partial charge in [-0.2, -0.15) is 0 Å². The van der Waals surface area contributed by atoms with Gasteiger partial charge in [-0.05, 0) is 58.8 Å². The van der Waals surface area contributed by atoms with Crippen LogP contribution in [0.2, 0.25) is 0 Å². The second kappa shape index (κ2) is 5.61. The van der Waals surface area contributed by atoms with Gasteiger partial charge in [0.25, 0.3) is 0 Å². The molecule has 0 spiro atoms. The normalized spacial score (nSPS) is 23.3. The highest BCUT2D eigenvalue weighted by atomic mass is 15.1. The van der Waals surface area contributed by atoms with Crippen molar-refractivity contribution in [2.75, 3.05) is 26.7 Å². The molecule has 1 aliphatic heterocycles. The topological polar surface area (TPSA) is 15.3 Å². The molecule has 1 fully saturated rings. The van der Waals surface area contributed by atoms with Crippen LogP contribution in [0, 0.1) is 5.92 Å². The molecule has 0 amide bonds. The van der Waals surface area contributed by atoms with E-state index in [1.54, 1.807) is 0 Å². The van der Waals surface area contributed by atoms with Crippen molar-refractivity contribution in [2.45, 2.75) is 39.2 Å². The summed E-state index contributed by atoms with van der Waals surface area (Å²) >= 11 is 0. The maximum absolute atomic E-state index is 3.36. The smallest absolute Gasteiger partial charge is 0.00649 e. The van der Waals surface area contributed by atoms with E-state index in [0.29, 0.717) is 6.04 Å². The third-order valence-electron chi connectivity index (χ3n) is 3.33. The van der Waals surface area contributed by atoms with Crippen molar-refractivity contribution < 1.29 is 0 Å². The van der Waals surface area contributed by atoms with Gasteiger partial charge in [-0.15, -0.1) is 0 Å². The fraction of sp³-hybridized carbons (Fsp3) is 1.00. The van der Waals surface area contributed by atoms with Crippen LogP contribution in [0.15, 0.2) is 0 Å². The lowest BCUT2D eigenvalue weighted by Crippen LogP contribution is -2.41. The molecular weight excluding hydrogens is 160 g/mol. The molecule has 13 heavy (non-hydrogen) atoms. The Morgan fingerprint density at radius 1 is 1.38 bits per heavy atom. The summed E-state index contributed by atoms with van der Waals surface area (Å²) in [4.78, 5) is 2.60. The van der Waals surface area contributed by atoms with E-state index in [0.717, 1.165) is 5.92 Å². The molecule has 1 atom stereocenters. The molecule has 0 saturated carbocycles. The molecule has 2 nitrogen and oxygen atoms in total. The second-order valence-corrected chi connectivity index (χ2v) is 4.26. The van der Waals surface area contributed by atoms with Crippen molar-refractivity contribution >= 4 is 0 Å². The SMILES string of the molecule is CCCN1CCC(C(C)NC)CC1. The number of nitrogens with one attached hydrogen (secondary N) is 1. The summed E-state index contributed by atoms with van der Waals surface area (Å²) in [5.41, 5.74) is 0. The quantitative estimate of drug-likeness (QED) is 0.715. The Labute approximate surface area is 82.7 Å². The Morgan fingerprint density at radius 2 is 2.00 bits per heavy atom. The summed E-state index contributed by atoms with van der Waals surface area (Å²) in [6.45, 7) is 8.48. The molecular formula is C11H24N2. The summed E-state index contributed by atoms with van der Waals surface area (Å²) in [6.07, 6.45) is 4.05. The van der Waals surface area contributed by atoms with Crippen molar-refractivity contribution in [3.8, 4) is 0 Å². The number of nitrogens with zero attached hydrogens (tertiary/aromatic N) is 1. The zero-order valence-electron chi connectivity index (χ0n) is 9.34. The van der Waals surface area contributed by atoms with E-state index < -0.39 is 0 Å². The largest absolute Gasteiger partial charge is 0.317 e. The monoisotopic (exact) mass is 184 g/mol. The average Bonchev–Trinajstić information content (AvgIpc) is 2.18. The Morgan fingerprint density at radius 3 is 2.46 bits per heavy atom. The van der Waals surface area contributed by atoms with Gasteiger partial charge < -0.3 is 10.2 Å². The van der Waals surface area contributed by atoms with Crippen molar-refractivity contribution in [2.24, 2.45) is 5.92 Å². The lowest BCUT2D eigenvalue weighted by atomic mass is 9.90. The van der Waals surface area contributed by atoms with Gasteiger partial charge in [-0.3, -0.25) is 0 Å². The number of rotatable bonds is 4. The van der Waals surface area contributed by atoms with Gasteiger partial charge in [0.15, 0.2) is 0 Å². The summed E-state index contributed by atoms with van der Waals surface area (Å²) in [6, 6.07) is 0.698. The van der Waals surface area contributed by atoms with Crippen molar-refractivity contribution in [1.82, 2.24) is 10.2 Å². The molecule has 0 aromatic carbocycles. The van der Waals surface area contributed by atoms with Gasteiger partial charge in [0, 0.05) is 6.04 Å². The zero-order chi connectivity index (χ0) is 9.68. The molecule has 1 saturated heterocycles. The Bertz CT molecular complexity index is 128. The Hall–Kier alpha value is -0.0800. The zero-order valence-corrected chi connectivity index (χ0v) is 9.34. The molecule has 78 valence electrons. The number of hydrogen-bond acceptors (Lipinski definition) is 2. The van der Waals surface area contributed by atoms with Gasteiger partial charge >= 0.3 is 0 Å². The van der Waals surface area contributed by atoms with Crippen LogP contribution in [-0.2, 0) is 0 Å². The van der Waals surface area contributed by atoms with Crippen molar-refractivity contribution in [3.05, 3.63) is 0 Å². The van der Waals surface area contributed by atoms with E-state index in [4.69, 9.17) is 0 Å². The number of likely N-dealkylation sites (tertiary alicyclic amines) is 1. The lowest BCUT2D eigenvalue weighted by Gasteiger charge is -2.34. The van der Waals surface area contributed by atoms with Crippen LogP contribution in [-0.4, -0.2) is 37.6 Å². The third-order valence-corrected chi connectivity index (χ3v) is 3.33. The second-order valence-electron chi connectivity index (χ2n) is 4.26. The number of piperidine rings is 1. The summed E-state index contributed by atoms with van der Waals surface area (Å²) in [5.74, 6) is 0.901. The van der Waals surface area contributed by atoms with Crippen molar-refractivity contribution in [3.63, 3.8) is 0 Å². The molecule has 0 aromatic heterocycles. The van der Waals surface area contributed by atoms with E-state index in [1.807, 2.05) is 0 Å².